The predicted molar refractivity (Wildman–Crippen MR) is 127 cm³/mol. The van der Waals surface area contributed by atoms with E-state index in [4.69, 9.17) is 20.8 Å². The van der Waals surface area contributed by atoms with Gasteiger partial charge in [-0.25, -0.2) is 9.67 Å². The monoisotopic (exact) mass is 464 g/mol. The number of hydrogen-bond acceptors (Lipinski definition) is 5. The Kier molecular flexibility index (Phi) is 7.10. The quantitative estimate of drug-likeness (QED) is 0.332. The molecule has 2 aromatic heterocycles. The summed E-state index contributed by atoms with van der Waals surface area (Å²) >= 11 is 5.91. The number of furan rings is 1. The molecule has 7 nitrogen and oxygen atoms in total. The Labute approximate surface area is 197 Å². The van der Waals surface area contributed by atoms with Crippen LogP contribution in [0.5, 0.6) is 5.75 Å². The van der Waals surface area contributed by atoms with Gasteiger partial charge in [0.1, 0.15) is 24.4 Å². The maximum atomic E-state index is 12.5. The second-order valence-corrected chi connectivity index (χ2v) is 8.22. The van der Waals surface area contributed by atoms with E-state index in [1.54, 1.807) is 23.1 Å². The largest absolute Gasteiger partial charge is 0.486 e. The van der Waals surface area contributed by atoms with Crippen LogP contribution in [0.4, 0.5) is 5.95 Å². The molecule has 0 saturated heterocycles. The zero-order valence-corrected chi connectivity index (χ0v) is 19.2. The number of ether oxygens (including phenoxy) is 1. The molecule has 33 heavy (non-hydrogen) atoms. The van der Waals surface area contributed by atoms with Crippen molar-refractivity contribution >= 4 is 23.5 Å². The van der Waals surface area contributed by atoms with E-state index in [1.165, 1.54) is 5.56 Å². The molecular weight excluding hydrogens is 440 g/mol. The normalized spacial score (nSPS) is 11.8. The van der Waals surface area contributed by atoms with Gasteiger partial charge in [0.25, 0.3) is 5.91 Å². The number of halogens is 1. The van der Waals surface area contributed by atoms with Crippen LogP contribution in [0, 0.1) is 0 Å². The van der Waals surface area contributed by atoms with Crippen molar-refractivity contribution < 1.29 is 13.9 Å². The van der Waals surface area contributed by atoms with Gasteiger partial charge in [-0.3, -0.25) is 10.1 Å². The molecule has 0 aliphatic rings. The number of nitrogens with zero attached hydrogens (tertiary/aromatic N) is 3. The average molecular weight is 465 g/mol. The van der Waals surface area contributed by atoms with E-state index in [0.717, 1.165) is 17.7 Å². The predicted octanol–water partition coefficient (Wildman–Crippen LogP) is 5.92. The van der Waals surface area contributed by atoms with Crippen LogP contribution >= 0.6 is 11.6 Å². The summed E-state index contributed by atoms with van der Waals surface area (Å²) in [6.07, 6.45) is 2.65. The van der Waals surface area contributed by atoms with Gasteiger partial charge in [0.05, 0.1) is 6.54 Å². The van der Waals surface area contributed by atoms with Gasteiger partial charge >= 0.3 is 0 Å². The molecule has 1 atom stereocenters. The van der Waals surface area contributed by atoms with E-state index in [0.29, 0.717) is 23.2 Å². The minimum absolute atomic E-state index is 0.162. The lowest BCUT2D eigenvalue weighted by atomic mass is 9.99. The highest BCUT2D eigenvalue weighted by atomic mass is 35.5. The van der Waals surface area contributed by atoms with Crippen molar-refractivity contribution in [3.8, 4) is 5.75 Å². The van der Waals surface area contributed by atoms with Gasteiger partial charge in [-0.2, -0.15) is 0 Å². The second-order valence-electron chi connectivity index (χ2n) is 7.78. The lowest BCUT2D eigenvalue weighted by molar-refractivity contribution is 0.0991. The smallest absolute Gasteiger partial charge is 0.293 e. The molecule has 8 heteroatoms. The van der Waals surface area contributed by atoms with Crippen LogP contribution in [0.1, 0.15) is 53.6 Å². The first-order chi connectivity index (χ1) is 16.0. The summed E-state index contributed by atoms with van der Waals surface area (Å²) < 4.78 is 13.0. The number of hydrogen-bond donors (Lipinski definition) is 1. The molecule has 2 heterocycles. The zero-order valence-electron chi connectivity index (χ0n) is 18.5. The number of rotatable bonds is 9. The summed E-state index contributed by atoms with van der Waals surface area (Å²) in [4.78, 5) is 16.6. The Bertz CT molecular complexity index is 1200. The minimum Gasteiger partial charge on any atom is -0.486 e. The first kappa shape index (κ1) is 22.6. The van der Waals surface area contributed by atoms with Crippen LogP contribution in [-0.2, 0) is 13.2 Å². The molecular formula is C25H25ClN4O3. The van der Waals surface area contributed by atoms with Gasteiger partial charge in [-0.1, -0.05) is 49.7 Å². The van der Waals surface area contributed by atoms with E-state index >= 15 is 0 Å². The van der Waals surface area contributed by atoms with Gasteiger partial charge in [0.2, 0.25) is 5.95 Å². The van der Waals surface area contributed by atoms with E-state index in [1.807, 2.05) is 36.4 Å². The Hall–Kier alpha value is -3.58. The molecule has 0 spiro atoms. The number of benzene rings is 2. The minimum atomic E-state index is -0.427. The lowest BCUT2D eigenvalue weighted by Crippen LogP contribution is -2.12. The van der Waals surface area contributed by atoms with Crippen LogP contribution in [0.2, 0.25) is 5.02 Å². The number of amides is 1. The van der Waals surface area contributed by atoms with Crippen LogP contribution in [-0.4, -0.2) is 20.7 Å². The third-order valence-corrected chi connectivity index (χ3v) is 5.60. The summed E-state index contributed by atoms with van der Waals surface area (Å²) in [5.41, 5.74) is 2.30. The van der Waals surface area contributed by atoms with E-state index in [9.17, 15) is 4.79 Å². The van der Waals surface area contributed by atoms with Crippen molar-refractivity contribution in [2.75, 3.05) is 5.32 Å². The molecule has 1 amide bonds. The number of aromatic nitrogens is 3. The van der Waals surface area contributed by atoms with Gasteiger partial charge in [0.15, 0.2) is 5.76 Å². The summed E-state index contributed by atoms with van der Waals surface area (Å²) in [7, 11) is 0. The summed E-state index contributed by atoms with van der Waals surface area (Å²) in [5.74, 6) is 1.75. The van der Waals surface area contributed by atoms with E-state index < -0.39 is 5.91 Å². The van der Waals surface area contributed by atoms with Gasteiger partial charge in [-0.05, 0) is 59.9 Å². The molecule has 0 bridgehead atoms. The van der Waals surface area contributed by atoms with Crippen molar-refractivity contribution in [1.82, 2.24) is 14.8 Å². The Morgan fingerprint density at radius 3 is 2.61 bits per heavy atom. The molecule has 0 aliphatic carbocycles. The average Bonchev–Trinajstić information content (AvgIpc) is 3.48. The molecule has 170 valence electrons. The topological polar surface area (TPSA) is 82.2 Å². The number of anilines is 1. The SMILES string of the molecule is CCC(C)c1ccc(OCc2ccc(C(=O)Nc3ncn(Cc4ccc(Cl)cc4)n3)o2)cc1. The van der Waals surface area contributed by atoms with Crippen LogP contribution in [0.3, 0.4) is 0 Å². The first-order valence-electron chi connectivity index (χ1n) is 10.8. The standard InChI is InChI=1S/C25H25ClN4O3/c1-3-17(2)19-6-10-21(11-7-19)32-15-22-12-13-23(33-22)24(31)28-25-27-16-30(29-25)14-18-4-8-20(26)9-5-18/h4-13,16-17H,3,14-15H2,1-2H3,(H,28,29,31). The summed E-state index contributed by atoms with van der Waals surface area (Å²) in [6.45, 7) is 5.11. The maximum absolute atomic E-state index is 12.5. The molecule has 1 N–H and O–H groups in total. The van der Waals surface area contributed by atoms with Crippen molar-refractivity contribution in [3.05, 3.63) is 94.7 Å². The Morgan fingerprint density at radius 2 is 1.88 bits per heavy atom. The lowest BCUT2D eigenvalue weighted by Gasteiger charge is -2.10. The number of nitrogens with one attached hydrogen (secondary N) is 1. The van der Waals surface area contributed by atoms with Crippen molar-refractivity contribution in [1.29, 1.82) is 0 Å². The van der Waals surface area contributed by atoms with Gasteiger partial charge < -0.3 is 9.15 Å². The second kappa shape index (κ2) is 10.4. The summed E-state index contributed by atoms with van der Waals surface area (Å²) in [5, 5.41) is 7.60. The van der Waals surface area contributed by atoms with Crippen molar-refractivity contribution in [2.45, 2.75) is 39.3 Å². The highest BCUT2D eigenvalue weighted by Crippen LogP contribution is 2.22. The van der Waals surface area contributed by atoms with E-state index in [-0.39, 0.29) is 18.3 Å². The van der Waals surface area contributed by atoms with Gasteiger partial charge in [0, 0.05) is 5.02 Å². The molecule has 0 aliphatic heterocycles. The molecule has 4 rings (SSSR count). The fourth-order valence-electron chi connectivity index (χ4n) is 3.23. The molecule has 0 saturated carbocycles. The fraction of sp³-hybridized carbons (Fsp3) is 0.240. The third kappa shape index (κ3) is 6.02. The summed E-state index contributed by atoms with van der Waals surface area (Å²) in [6, 6.07) is 18.8. The molecule has 0 radical (unpaired) electrons. The highest BCUT2D eigenvalue weighted by molar-refractivity contribution is 6.30. The number of carbonyl (C=O) groups excluding carboxylic acids is 1. The van der Waals surface area contributed by atoms with Crippen molar-refractivity contribution in [2.24, 2.45) is 0 Å². The molecule has 0 fully saturated rings. The highest BCUT2D eigenvalue weighted by Gasteiger charge is 2.14. The third-order valence-electron chi connectivity index (χ3n) is 5.35. The zero-order chi connectivity index (χ0) is 23.2. The molecule has 2 aromatic carbocycles. The van der Waals surface area contributed by atoms with Crippen LogP contribution in [0.15, 0.2) is 71.4 Å². The molecule has 4 aromatic rings. The Morgan fingerprint density at radius 1 is 1.12 bits per heavy atom. The Balaban J connectivity index is 1.30. The van der Waals surface area contributed by atoms with E-state index in [2.05, 4.69) is 41.4 Å². The maximum Gasteiger partial charge on any atom is 0.293 e. The van der Waals surface area contributed by atoms with Crippen LogP contribution < -0.4 is 10.1 Å². The first-order valence-corrected chi connectivity index (χ1v) is 11.1. The van der Waals surface area contributed by atoms with Crippen LogP contribution in [0.25, 0.3) is 0 Å². The molecule has 1 unspecified atom stereocenters. The van der Waals surface area contributed by atoms with Gasteiger partial charge in [-0.15, -0.1) is 5.10 Å². The fourth-order valence-corrected chi connectivity index (χ4v) is 3.35. The number of carbonyl (C=O) groups is 1. The van der Waals surface area contributed by atoms with Crippen molar-refractivity contribution in [3.63, 3.8) is 0 Å².